The van der Waals surface area contributed by atoms with Crippen molar-refractivity contribution in [2.75, 3.05) is 12.8 Å². The topological polar surface area (TPSA) is 78.4 Å². The number of hydrogen-bond acceptors (Lipinski definition) is 3. The molecule has 0 aromatic rings. The molecule has 2 amide bonds. The molecule has 0 aromatic carbocycles. The summed E-state index contributed by atoms with van der Waals surface area (Å²) >= 11 is 1.79. The van der Waals surface area contributed by atoms with Crippen molar-refractivity contribution < 1.29 is 14.7 Å². The van der Waals surface area contributed by atoms with Gasteiger partial charge in [-0.25, -0.2) is 4.79 Å². The minimum atomic E-state index is -0.942. The number of carbonyl (C=O) groups excluding carboxylic acids is 1. The summed E-state index contributed by atoms with van der Waals surface area (Å²) in [6.45, 7) is 3.33. The second-order valence-electron chi connectivity index (χ2n) is 5.68. The predicted octanol–water partition coefficient (Wildman–Crippen LogP) is 2.07. The van der Waals surface area contributed by atoms with Gasteiger partial charge in [-0.2, -0.15) is 11.8 Å². The summed E-state index contributed by atoms with van der Waals surface area (Å²) in [5, 5.41) is 15.1. The molecule has 5 nitrogen and oxygen atoms in total. The average Bonchev–Trinajstić information content (AvgIpc) is 2.37. The van der Waals surface area contributed by atoms with Crippen molar-refractivity contribution in [1.82, 2.24) is 10.6 Å². The number of carboxylic acids is 1. The fourth-order valence-electron chi connectivity index (χ4n) is 2.14. The Bertz CT molecular complexity index is 334. The van der Waals surface area contributed by atoms with Gasteiger partial charge in [0.2, 0.25) is 0 Å². The Morgan fingerprint density at radius 1 is 1.32 bits per heavy atom. The molecule has 6 heteroatoms. The van der Waals surface area contributed by atoms with Gasteiger partial charge < -0.3 is 15.7 Å². The lowest BCUT2D eigenvalue weighted by Gasteiger charge is -2.31. The largest absolute Gasteiger partial charge is 0.481 e. The van der Waals surface area contributed by atoms with Crippen LogP contribution in [-0.4, -0.2) is 41.2 Å². The Morgan fingerprint density at radius 2 is 1.95 bits per heavy atom. The Kier molecular flexibility index (Phi) is 5.97. The van der Waals surface area contributed by atoms with E-state index in [-0.39, 0.29) is 18.6 Å². The zero-order chi connectivity index (χ0) is 14.5. The van der Waals surface area contributed by atoms with Gasteiger partial charge in [-0.15, -0.1) is 0 Å². The fourth-order valence-corrected chi connectivity index (χ4v) is 3.08. The molecule has 0 radical (unpaired) electrons. The zero-order valence-electron chi connectivity index (χ0n) is 11.9. The molecule has 3 N–H and O–H groups in total. The number of nitrogens with one attached hydrogen (secondary N) is 2. The molecule has 0 heterocycles. The molecule has 1 saturated carbocycles. The molecule has 1 aliphatic rings. The molecule has 1 fully saturated rings. The minimum absolute atomic E-state index is 0.130. The maximum absolute atomic E-state index is 11.8. The van der Waals surface area contributed by atoms with Crippen molar-refractivity contribution in [3.8, 4) is 0 Å². The lowest BCUT2D eigenvalue weighted by Crippen LogP contribution is -2.50. The molecule has 0 spiro atoms. The van der Waals surface area contributed by atoms with Crippen LogP contribution in [0.2, 0.25) is 0 Å². The molecule has 0 bridgehead atoms. The number of carboxylic acid groups (broad SMARTS) is 1. The summed E-state index contributed by atoms with van der Waals surface area (Å²) in [7, 11) is 0. The highest BCUT2D eigenvalue weighted by Gasteiger charge is 2.29. The molecule has 2 unspecified atom stereocenters. The molecule has 110 valence electrons. The van der Waals surface area contributed by atoms with Crippen LogP contribution in [0.3, 0.4) is 0 Å². The van der Waals surface area contributed by atoms with Crippen molar-refractivity contribution in [1.29, 1.82) is 0 Å². The average molecular weight is 288 g/mol. The van der Waals surface area contributed by atoms with E-state index in [0.717, 1.165) is 19.3 Å². The zero-order valence-corrected chi connectivity index (χ0v) is 12.7. The molecule has 0 aromatic heterocycles. The smallest absolute Gasteiger partial charge is 0.315 e. The van der Waals surface area contributed by atoms with Gasteiger partial charge in [0.05, 0.1) is 5.41 Å². The van der Waals surface area contributed by atoms with Crippen molar-refractivity contribution in [2.24, 2.45) is 5.41 Å². The van der Waals surface area contributed by atoms with Gasteiger partial charge in [-0.3, -0.25) is 4.79 Å². The number of carbonyl (C=O) groups is 2. The van der Waals surface area contributed by atoms with Crippen LogP contribution in [-0.2, 0) is 4.79 Å². The van der Waals surface area contributed by atoms with Crippen LogP contribution in [0.5, 0.6) is 0 Å². The molecular formula is C13H24N2O3S. The first-order valence-electron chi connectivity index (χ1n) is 6.67. The van der Waals surface area contributed by atoms with Gasteiger partial charge in [0.1, 0.15) is 0 Å². The summed E-state index contributed by atoms with van der Waals surface area (Å²) in [4.78, 5) is 22.8. The van der Waals surface area contributed by atoms with Crippen LogP contribution in [0.4, 0.5) is 4.79 Å². The van der Waals surface area contributed by atoms with Gasteiger partial charge in [-0.1, -0.05) is 12.8 Å². The Labute approximate surface area is 118 Å². The maximum Gasteiger partial charge on any atom is 0.315 e. The van der Waals surface area contributed by atoms with E-state index in [1.165, 1.54) is 6.42 Å². The minimum Gasteiger partial charge on any atom is -0.481 e. The third-order valence-electron chi connectivity index (χ3n) is 3.59. The summed E-state index contributed by atoms with van der Waals surface area (Å²) in [6.07, 6.45) is 6.56. The number of amides is 2. The summed E-state index contributed by atoms with van der Waals surface area (Å²) in [5.41, 5.74) is -0.942. The standard InChI is InChI=1S/C13H24N2O3S/c1-13(2,11(16)17)8-14-12(18)15-9-6-4-5-7-10(9)19-3/h9-10H,4-8H2,1-3H3,(H,16,17)(H2,14,15,18). The first-order valence-corrected chi connectivity index (χ1v) is 7.96. The van der Waals surface area contributed by atoms with Crippen LogP contribution in [0, 0.1) is 5.41 Å². The van der Waals surface area contributed by atoms with E-state index in [0.29, 0.717) is 5.25 Å². The van der Waals surface area contributed by atoms with Gasteiger partial charge >= 0.3 is 12.0 Å². The van der Waals surface area contributed by atoms with Crippen molar-refractivity contribution in [3.05, 3.63) is 0 Å². The summed E-state index contributed by atoms with van der Waals surface area (Å²) in [6, 6.07) is -0.0723. The van der Waals surface area contributed by atoms with E-state index in [2.05, 4.69) is 16.9 Å². The Hall–Kier alpha value is -0.910. The second-order valence-corrected chi connectivity index (χ2v) is 6.76. The first kappa shape index (κ1) is 16.1. The first-order chi connectivity index (χ1) is 8.86. The highest BCUT2D eigenvalue weighted by molar-refractivity contribution is 7.99. The lowest BCUT2D eigenvalue weighted by atomic mass is 9.94. The second kappa shape index (κ2) is 7.03. The number of thioether (sulfide) groups is 1. The van der Waals surface area contributed by atoms with Crippen molar-refractivity contribution >= 4 is 23.8 Å². The number of urea groups is 1. The molecular weight excluding hydrogens is 264 g/mol. The number of rotatable bonds is 5. The molecule has 0 saturated heterocycles. The van der Waals surface area contributed by atoms with Crippen molar-refractivity contribution in [2.45, 2.75) is 50.8 Å². The highest BCUT2D eigenvalue weighted by Crippen LogP contribution is 2.27. The van der Waals surface area contributed by atoms with E-state index < -0.39 is 11.4 Å². The normalized spacial score (nSPS) is 23.7. The quantitative estimate of drug-likeness (QED) is 0.723. The maximum atomic E-state index is 11.8. The van der Waals surface area contributed by atoms with E-state index in [9.17, 15) is 9.59 Å². The SMILES string of the molecule is CSC1CCCCC1NC(=O)NCC(C)(C)C(=O)O. The fraction of sp³-hybridized carbons (Fsp3) is 0.846. The molecule has 19 heavy (non-hydrogen) atoms. The Morgan fingerprint density at radius 3 is 2.53 bits per heavy atom. The van der Waals surface area contributed by atoms with E-state index in [1.807, 2.05) is 0 Å². The number of hydrogen-bond donors (Lipinski definition) is 3. The van der Waals surface area contributed by atoms with E-state index >= 15 is 0 Å². The van der Waals surface area contributed by atoms with Gasteiger partial charge in [0, 0.05) is 17.8 Å². The van der Waals surface area contributed by atoms with Crippen LogP contribution in [0.15, 0.2) is 0 Å². The monoisotopic (exact) mass is 288 g/mol. The third-order valence-corrected chi connectivity index (χ3v) is 4.76. The van der Waals surface area contributed by atoms with E-state index in [4.69, 9.17) is 5.11 Å². The summed E-state index contributed by atoms with van der Waals surface area (Å²) in [5.74, 6) is -0.910. The number of aliphatic carboxylic acids is 1. The molecule has 1 aliphatic carbocycles. The van der Waals surface area contributed by atoms with Crippen LogP contribution in [0.1, 0.15) is 39.5 Å². The highest BCUT2D eigenvalue weighted by atomic mass is 32.2. The summed E-state index contributed by atoms with van der Waals surface area (Å²) < 4.78 is 0. The van der Waals surface area contributed by atoms with E-state index in [1.54, 1.807) is 25.6 Å². The molecule has 1 rings (SSSR count). The van der Waals surface area contributed by atoms with Gasteiger partial charge in [0.15, 0.2) is 0 Å². The Balaban J connectivity index is 2.40. The molecule has 2 atom stereocenters. The van der Waals surface area contributed by atoms with Crippen LogP contribution in [0.25, 0.3) is 0 Å². The van der Waals surface area contributed by atoms with Crippen LogP contribution < -0.4 is 10.6 Å². The van der Waals surface area contributed by atoms with Crippen molar-refractivity contribution in [3.63, 3.8) is 0 Å². The lowest BCUT2D eigenvalue weighted by molar-refractivity contribution is -0.146. The van der Waals surface area contributed by atoms with Gasteiger partial charge in [-0.05, 0) is 32.9 Å². The predicted molar refractivity (Wildman–Crippen MR) is 77.5 cm³/mol. The third kappa shape index (κ3) is 4.93. The van der Waals surface area contributed by atoms with Gasteiger partial charge in [0.25, 0.3) is 0 Å². The molecule has 0 aliphatic heterocycles. The van der Waals surface area contributed by atoms with Crippen LogP contribution >= 0.6 is 11.8 Å².